The molecule has 2 aliphatic heterocycles. The standard InChI is InChI=1S/C19H21BrN2O3S/c1-10(2)9-25-18(24)15-11(3)21-19-22(17(23)12(4)26-19)16(15)13-7-5-6-8-14(13)20/h5-8,10,12,16H,9H2,1-4H3. The summed E-state index contributed by atoms with van der Waals surface area (Å²) in [6.07, 6.45) is 0. The average molecular weight is 437 g/mol. The molecule has 0 aromatic heterocycles. The van der Waals surface area contributed by atoms with Crippen molar-refractivity contribution in [3.8, 4) is 0 Å². The molecule has 2 heterocycles. The average Bonchev–Trinajstić information content (AvgIpc) is 2.86. The molecule has 1 amide bonds. The number of fused-ring (bicyclic) bond motifs is 1. The van der Waals surface area contributed by atoms with Gasteiger partial charge in [0.25, 0.3) is 0 Å². The summed E-state index contributed by atoms with van der Waals surface area (Å²) in [5.74, 6) is -0.235. The van der Waals surface area contributed by atoms with Gasteiger partial charge < -0.3 is 4.74 Å². The van der Waals surface area contributed by atoms with Gasteiger partial charge in [-0.1, -0.05) is 59.7 Å². The van der Waals surface area contributed by atoms with Crippen LogP contribution in [-0.2, 0) is 14.3 Å². The largest absolute Gasteiger partial charge is 0.462 e. The second-order valence-electron chi connectivity index (χ2n) is 6.78. The Morgan fingerprint density at radius 2 is 2.08 bits per heavy atom. The van der Waals surface area contributed by atoms with E-state index in [4.69, 9.17) is 4.74 Å². The fourth-order valence-electron chi connectivity index (χ4n) is 2.97. The second-order valence-corrected chi connectivity index (χ2v) is 8.94. The van der Waals surface area contributed by atoms with Crippen LogP contribution in [0.5, 0.6) is 0 Å². The first kappa shape index (κ1) is 19.2. The number of thioether (sulfide) groups is 1. The zero-order valence-electron chi connectivity index (χ0n) is 15.2. The van der Waals surface area contributed by atoms with Crippen molar-refractivity contribution in [2.75, 3.05) is 6.61 Å². The molecule has 0 N–H and O–H groups in total. The molecule has 2 aliphatic rings. The molecule has 0 spiro atoms. The summed E-state index contributed by atoms with van der Waals surface area (Å²) >= 11 is 4.99. The van der Waals surface area contributed by atoms with E-state index in [2.05, 4.69) is 20.9 Å². The van der Waals surface area contributed by atoms with Crippen LogP contribution in [0.25, 0.3) is 0 Å². The van der Waals surface area contributed by atoms with E-state index in [1.807, 2.05) is 45.0 Å². The number of ether oxygens (including phenoxy) is 1. The fourth-order valence-corrected chi connectivity index (χ4v) is 4.51. The number of amides is 1. The Morgan fingerprint density at radius 3 is 2.73 bits per heavy atom. The number of aliphatic imine (C=N–C) groups is 1. The summed E-state index contributed by atoms with van der Waals surface area (Å²) in [6, 6.07) is 7.09. The van der Waals surface area contributed by atoms with Crippen molar-refractivity contribution in [1.82, 2.24) is 4.90 Å². The van der Waals surface area contributed by atoms with Gasteiger partial charge in [0.05, 0.1) is 29.2 Å². The SMILES string of the molecule is CC1=C(C(=O)OCC(C)C)C(c2ccccc2Br)N2C(=O)C(C)SC2=N1. The number of halogens is 1. The van der Waals surface area contributed by atoms with E-state index >= 15 is 0 Å². The minimum absolute atomic E-state index is 0.0452. The first-order valence-electron chi connectivity index (χ1n) is 8.52. The number of rotatable bonds is 4. The molecule has 0 radical (unpaired) electrons. The number of amidine groups is 1. The molecule has 7 heteroatoms. The Kier molecular flexibility index (Phi) is 5.58. The van der Waals surface area contributed by atoms with E-state index in [-0.39, 0.29) is 17.1 Å². The normalized spacial score (nSPS) is 22.6. The van der Waals surface area contributed by atoms with Crippen molar-refractivity contribution < 1.29 is 14.3 Å². The van der Waals surface area contributed by atoms with Gasteiger partial charge in [0.1, 0.15) is 0 Å². The third kappa shape index (κ3) is 3.47. The van der Waals surface area contributed by atoms with Crippen LogP contribution in [0.3, 0.4) is 0 Å². The highest BCUT2D eigenvalue weighted by Gasteiger charge is 2.46. The summed E-state index contributed by atoms with van der Waals surface area (Å²) in [7, 11) is 0. The first-order chi connectivity index (χ1) is 12.3. The number of hydrogen-bond donors (Lipinski definition) is 0. The highest BCUT2D eigenvalue weighted by atomic mass is 79.9. The van der Waals surface area contributed by atoms with Crippen LogP contribution in [0, 0.1) is 5.92 Å². The zero-order valence-corrected chi connectivity index (χ0v) is 17.6. The third-order valence-electron chi connectivity index (χ3n) is 4.23. The molecule has 0 saturated carbocycles. The van der Waals surface area contributed by atoms with Crippen LogP contribution in [0.2, 0.25) is 0 Å². The maximum atomic E-state index is 12.9. The molecule has 3 rings (SSSR count). The Hall–Kier alpha value is -1.60. The van der Waals surface area contributed by atoms with Crippen LogP contribution in [0.4, 0.5) is 0 Å². The minimum Gasteiger partial charge on any atom is -0.462 e. The molecular weight excluding hydrogens is 416 g/mol. The van der Waals surface area contributed by atoms with Crippen LogP contribution in [0.15, 0.2) is 45.0 Å². The van der Waals surface area contributed by atoms with Crippen LogP contribution in [-0.4, -0.2) is 33.8 Å². The molecule has 1 saturated heterocycles. The summed E-state index contributed by atoms with van der Waals surface area (Å²) < 4.78 is 6.33. The molecule has 5 nitrogen and oxygen atoms in total. The summed E-state index contributed by atoms with van der Waals surface area (Å²) in [4.78, 5) is 31.8. The quantitative estimate of drug-likeness (QED) is 0.660. The Morgan fingerprint density at radius 1 is 1.38 bits per heavy atom. The van der Waals surface area contributed by atoms with Crippen molar-refractivity contribution >= 4 is 44.7 Å². The van der Waals surface area contributed by atoms with E-state index in [0.717, 1.165) is 10.0 Å². The first-order valence-corrected chi connectivity index (χ1v) is 10.2. The van der Waals surface area contributed by atoms with E-state index in [1.165, 1.54) is 11.8 Å². The number of carbonyl (C=O) groups is 2. The number of nitrogens with zero attached hydrogens (tertiary/aromatic N) is 2. The van der Waals surface area contributed by atoms with Gasteiger partial charge in [0.2, 0.25) is 5.91 Å². The molecule has 138 valence electrons. The predicted molar refractivity (Wildman–Crippen MR) is 107 cm³/mol. The smallest absolute Gasteiger partial charge is 0.338 e. The lowest BCUT2D eigenvalue weighted by Gasteiger charge is -2.33. The number of esters is 1. The zero-order chi connectivity index (χ0) is 19.0. The molecule has 26 heavy (non-hydrogen) atoms. The van der Waals surface area contributed by atoms with E-state index in [9.17, 15) is 9.59 Å². The molecule has 0 bridgehead atoms. The van der Waals surface area contributed by atoms with Gasteiger partial charge in [0, 0.05) is 4.47 Å². The van der Waals surface area contributed by atoms with Gasteiger partial charge in [-0.3, -0.25) is 9.69 Å². The van der Waals surface area contributed by atoms with Gasteiger partial charge >= 0.3 is 5.97 Å². The van der Waals surface area contributed by atoms with Gasteiger partial charge in [-0.05, 0) is 31.4 Å². The molecule has 1 fully saturated rings. The van der Waals surface area contributed by atoms with Gasteiger partial charge in [-0.2, -0.15) is 0 Å². The Balaban J connectivity index is 2.10. The molecular formula is C19H21BrN2O3S. The molecule has 1 aromatic rings. The lowest BCUT2D eigenvalue weighted by Crippen LogP contribution is -2.40. The maximum Gasteiger partial charge on any atom is 0.338 e. The second kappa shape index (κ2) is 7.56. The highest BCUT2D eigenvalue weighted by molar-refractivity contribution is 9.10. The number of benzene rings is 1. The monoisotopic (exact) mass is 436 g/mol. The van der Waals surface area contributed by atoms with Gasteiger partial charge in [0.15, 0.2) is 5.17 Å². The topological polar surface area (TPSA) is 59.0 Å². The van der Waals surface area contributed by atoms with Crippen molar-refractivity contribution in [3.63, 3.8) is 0 Å². The van der Waals surface area contributed by atoms with E-state index < -0.39 is 12.0 Å². The number of carbonyl (C=O) groups excluding carboxylic acids is 2. The lowest BCUT2D eigenvalue weighted by atomic mass is 9.94. The summed E-state index contributed by atoms with van der Waals surface area (Å²) in [5, 5.41) is 0.415. The Labute approximate surface area is 166 Å². The number of hydrogen-bond acceptors (Lipinski definition) is 5. The van der Waals surface area contributed by atoms with E-state index in [0.29, 0.717) is 23.0 Å². The van der Waals surface area contributed by atoms with Crippen LogP contribution < -0.4 is 0 Å². The minimum atomic E-state index is -0.539. The van der Waals surface area contributed by atoms with Crippen LogP contribution >= 0.6 is 27.7 Å². The lowest BCUT2D eigenvalue weighted by molar-refractivity contribution is -0.141. The summed E-state index contributed by atoms with van der Waals surface area (Å²) in [6.45, 7) is 7.96. The van der Waals surface area contributed by atoms with Gasteiger partial charge in [-0.15, -0.1) is 0 Å². The van der Waals surface area contributed by atoms with Gasteiger partial charge in [-0.25, -0.2) is 9.79 Å². The van der Waals surface area contributed by atoms with Crippen LogP contribution in [0.1, 0.15) is 39.3 Å². The molecule has 2 atom stereocenters. The van der Waals surface area contributed by atoms with Crippen molar-refractivity contribution in [3.05, 3.63) is 45.6 Å². The van der Waals surface area contributed by atoms with Crippen molar-refractivity contribution in [1.29, 1.82) is 0 Å². The van der Waals surface area contributed by atoms with Crippen molar-refractivity contribution in [2.45, 2.75) is 39.0 Å². The molecule has 1 aromatic carbocycles. The Bertz CT molecular complexity index is 819. The highest BCUT2D eigenvalue weighted by Crippen LogP contribution is 2.44. The molecule has 0 aliphatic carbocycles. The van der Waals surface area contributed by atoms with Crippen molar-refractivity contribution in [2.24, 2.45) is 10.9 Å². The summed E-state index contributed by atoms with van der Waals surface area (Å²) in [5.41, 5.74) is 1.86. The number of allylic oxidation sites excluding steroid dienone is 1. The predicted octanol–water partition coefficient (Wildman–Crippen LogP) is 4.30. The maximum absolute atomic E-state index is 12.9. The third-order valence-corrected chi connectivity index (χ3v) is 6.00. The fraction of sp³-hybridized carbons (Fsp3) is 0.421. The molecule has 2 unspecified atom stereocenters. The van der Waals surface area contributed by atoms with E-state index in [1.54, 1.807) is 11.8 Å².